The average molecular weight is 434 g/mol. The monoisotopic (exact) mass is 433 g/mol. The lowest BCUT2D eigenvalue weighted by Crippen LogP contribution is -2.33. The summed E-state index contributed by atoms with van der Waals surface area (Å²) in [6.07, 6.45) is 3.96. The molecule has 1 aliphatic carbocycles. The zero-order valence-corrected chi connectivity index (χ0v) is 17.5. The minimum atomic E-state index is -0.871. The highest BCUT2D eigenvalue weighted by Gasteiger charge is 2.40. The van der Waals surface area contributed by atoms with Gasteiger partial charge in [-0.15, -0.1) is 11.3 Å². The zero-order chi connectivity index (χ0) is 20.5. The van der Waals surface area contributed by atoms with E-state index in [1.165, 1.54) is 19.0 Å². The van der Waals surface area contributed by atoms with Gasteiger partial charge < -0.3 is 10.2 Å². The molecular formula is C19H20ClN5O3S. The topological polar surface area (TPSA) is 106 Å². The third-order valence-corrected chi connectivity index (χ3v) is 6.28. The Balaban J connectivity index is 1.57. The molecule has 152 valence electrons. The number of ether oxygens (including phenoxy) is 1. The number of hydrogen-bond donors (Lipinski definition) is 2. The van der Waals surface area contributed by atoms with E-state index in [2.05, 4.69) is 32.7 Å². The molecular weight excluding hydrogens is 414 g/mol. The molecule has 0 aromatic carbocycles. The number of amidine groups is 1. The van der Waals surface area contributed by atoms with Crippen LogP contribution in [0.1, 0.15) is 36.4 Å². The van der Waals surface area contributed by atoms with Crippen LogP contribution in [-0.2, 0) is 9.53 Å². The summed E-state index contributed by atoms with van der Waals surface area (Å²) in [5.41, 5.74) is 6.44. The Hall–Kier alpha value is -2.36. The summed E-state index contributed by atoms with van der Waals surface area (Å²) in [7, 11) is 0. The second kappa shape index (κ2) is 8.17. The molecule has 2 N–H and O–H groups in total. The van der Waals surface area contributed by atoms with Crippen LogP contribution in [0.15, 0.2) is 23.3 Å². The molecule has 2 fully saturated rings. The van der Waals surface area contributed by atoms with Crippen LogP contribution in [0.2, 0.25) is 5.02 Å². The molecule has 0 bridgehead atoms. The number of aromatic nitrogens is 2. The number of carbonyl (C=O) groups is 2. The van der Waals surface area contributed by atoms with Crippen molar-refractivity contribution in [2.45, 2.75) is 32.7 Å². The number of carbonyl (C=O) groups excluding carboxylic acids is 2. The average Bonchev–Trinajstić information content (AvgIpc) is 3.31. The van der Waals surface area contributed by atoms with Crippen molar-refractivity contribution in [1.82, 2.24) is 20.8 Å². The number of thiophene rings is 1. The Morgan fingerprint density at radius 1 is 1.38 bits per heavy atom. The molecule has 2 aromatic heterocycles. The lowest BCUT2D eigenvalue weighted by atomic mass is 9.99. The fourth-order valence-corrected chi connectivity index (χ4v) is 4.23. The Labute approximate surface area is 176 Å². The van der Waals surface area contributed by atoms with Gasteiger partial charge in [-0.2, -0.15) is 0 Å². The van der Waals surface area contributed by atoms with E-state index in [9.17, 15) is 9.59 Å². The van der Waals surface area contributed by atoms with Crippen LogP contribution in [0.4, 0.5) is 5.82 Å². The predicted molar refractivity (Wildman–Crippen MR) is 110 cm³/mol. The maximum atomic E-state index is 12.1. The van der Waals surface area contributed by atoms with Crippen LogP contribution in [0.5, 0.6) is 0 Å². The van der Waals surface area contributed by atoms with Crippen molar-refractivity contribution < 1.29 is 14.3 Å². The Bertz CT molecular complexity index is 988. The van der Waals surface area contributed by atoms with E-state index in [4.69, 9.17) is 16.3 Å². The number of nitrogens with zero attached hydrogens (tertiary/aromatic N) is 3. The highest BCUT2D eigenvalue weighted by atomic mass is 35.5. The molecule has 0 spiro atoms. The number of aliphatic imine (C=N–C) groups is 1. The SMILES string of the molecule is CCOC(=O)C(=O)c1ccc(-c2ncc(Cl)c(N=C3NNC(C4CC4)C3C)n2)s1. The van der Waals surface area contributed by atoms with Crippen LogP contribution in [0.25, 0.3) is 10.7 Å². The van der Waals surface area contributed by atoms with Crippen LogP contribution in [0.3, 0.4) is 0 Å². The van der Waals surface area contributed by atoms with Gasteiger partial charge >= 0.3 is 5.97 Å². The predicted octanol–water partition coefficient (Wildman–Crippen LogP) is 3.16. The summed E-state index contributed by atoms with van der Waals surface area (Å²) in [5, 5.41) is 0.338. The van der Waals surface area contributed by atoms with Crippen molar-refractivity contribution in [3.05, 3.63) is 28.2 Å². The van der Waals surface area contributed by atoms with Crippen molar-refractivity contribution in [2.75, 3.05) is 6.61 Å². The highest BCUT2D eigenvalue weighted by molar-refractivity contribution is 7.18. The van der Waals surface area contributed by atoms with Crippen molar-refractivity contribution in [1.29, 1.82) is 0 Å². The molecule has 3 heterocycles. The number of hydrazine groups is 1. The number of halogens is 1. The molecule has 2 aromatic rings. The lowest BCUT2D eigenvalue weighted by Gasteiger charge is -2.11. The zero-order valence-electron chi connectivity index (χ0n) is 15.9. The lowest BCUT2D eigenvalue weighted by molar-refractivity contribution is -0.137. The standard InChI is InChI=1S/C19H20ClN5O3S/c1-3-28-19(27)15(26)12-6-7-13(29-12)18-21-8-11(20)17(23-18)22-16-9(2)14(24-25-16)10-4-5-10/h6-10,14,24H,3-5H2,1-2H3,(H,21,22,23,25). The quantitative estimate of drug-likeness (QED) is 0.409. The Morgan fingerprint density at radius 2 is 2.17 bits per heavy atom. The van der Waals surface area contributed by atoms with E-state index in [0.29, 0.717) is 33.5 Å². The minimum Gasteiger partial charge on any atom is -0.460 e. The number of Topliss-reactive ketones (excluding diaryl/α,β-unsaturated/α-hetero) is 1. The molecule has 1 aliphatic heterocycles. The van der Waals surface area contributed by atoms with Crippen LogP contribution in [0, 0.1) is 11.8 Å². The second-order valence-corrected chi connectivity index (χ2v) is 8.49. The molecule has 4 rings (SSSR count). The van der Waals surface area contributed by atoms with Crippen molar-refractivity contribution >= 4 is 46.3 Å². The Morgan fingerprint density at radius 3 is 2.90 bits per heavy atom. The van der Waals surface area contributed by atoms with Crippen molar-refractivity contribution in [3.8, 4) is 10.7 Å². The second-order valence-electron chi connectivity index (χ2n) is 7.00. The third-order valence-electron chi connectivity index (χ3n) is 4.93. The van der Waals surface area contributed by atoms with E-state index in [1.54, 1.807) is 19.1 Å². The van der Waals surface area contributed by atoms with Gasteiger partial charge in [0.05, 0.1) is 22.6 Å². The van der Waals surface area contributed by atoms with Gasteiger partial charge in [0.1, 0.15) is 10.9 Å². The number of nitrogens with one attached hydrogen (secondary N) is 2. The van der Waals surface area contributed by atoms with Crippen LogP contribution in [-0.4, -0.2) is 40.2 Å². The first-order valence-electron chi connectivity index (χ1n) is 9.42. The smallest absolute Gasteiger partial charge is 0.380 e. The molecule has 0 radical (unpaired) electrons. The normalized spacial score (nSPS) is 22.5. The van der Waals surface area contributed by atoms with Gasteiger partial charge in [-0.05, 0) is 37.8 Å². The van der Waals surface area contributed by atoms with E-state index < -0.39 is 11.8 Å². The van der Waals surface area contributed by atoms with Gasteiger partial charge in [0.15, 0.2) is 11.6 Å². The fourth-order valence-electron chi connectivity index (χ4n) is 3.22. The van der Waals surface area contributed by atoms with Gasteiger partial charge in [-0.1, -0.05) is 18.5 Å². The van der Waals surface area contributed by atoms with Crippen molar-refractivity contribution in [2.24, 2.45) is 16.8 Å². The number of esters is 1. The first-order valence-corrected chi connectivity index (χ1v) is 10.6. The summed E-state index contributed by atoms with van der Waals surface area (Å²) in [4.78, 5) is 38.0. The fraction of sp³-hybridized carbons (Fsp3) is 0.421. The van der Waals surface area contributed by atoms with E-state index in [-0.39, 0.29) is 17.4 Å². The summed E-state index contributed by atoms with van der Waals surface area (Å²) in [6, 6.07) is 3.62. The summed E-state index contributed by atoms with van der Waals surface area (Å²) >= 11 is 7.38. The summed E-state index contributed by atoms with van der Waals surface area (Å²) < 4.78 is 4.76. The first-order chi connectivity index (χ1) is 14.0. The maximum absolute atomic E-state index is 12.1. The van der Waals surface area contributed by atoms with Crippen molar-refractivity contribution in [3.63, 3.8) is 0 Å². The largest absolute Gasteiger partial charge is 0.460 e. The molecule has 2 atom stereocenters. The highest BCUT2D eigenvalue weighted by Crippen LogP contribution is 2.38. The summed E-state index contributed by atoms with van der Waals surface area (Å²) in [6.45, 7) is 3.92. The van der Waals surface area contributed by atoms with E-state index in [1.807, 2.05) is 0 Å². The number of rotatable bonds is 6. The molecule has 8 nitrogen and oxygen atoms in total. The molecule has 1 saturated heterocycles. The third kappa shape index (κ3) is 4.17. The first kappa shape index (κ1) is 19.9. The van der Waals surface area contributed by atoms with Crippen LogP contribution < -0.4 is 10.9 Å². The molecule has 2 unspecified atom stereocenters. The maximum Gasteiger partial charge on any atom is 0.380 e. The molecule has 2 aliphatic rings. The number of ketones is 1. The van der Waals surface area contributed by atoms with Gasteiger partial charge in [0.2, 0.25) is 0 Å². The van der Waals surface area contributed by atoms with Gasteiger partial charge in [-0.3, -0.25) is 4.79 Å². The molecule has 1 saturated carbocycles. The van der Waals surface area contributed by atoms with Crippen LogP contribution >= 0.6 is 22.9 Å². The molecule has 29 heavy (non-hydrogen) atoms. The van der Waals surface area contributed by atoms with Gasteiger partial charge in [0.25, 0.3) is 5.78 Å². The Kier molecular flexibility index (Phi) is 5.62. The molecule has 0 amide bonds. The number of hydrogen-bond acceptors (Lipinski definition) is 8. The van der Waals surface area contributed by atoms with E-state index >= 15 is 0 Å². The summed E-state index contributed by atoms with van der Waals surface area (Å²) in [5.74, 6) is 0.895. The minimum absolute atomic E-state index is 0.149. The molecule has 10 heteroatoms. The van der Waals surface area contributed by atoms with E-state index in [0.717, 1.165) is 17.2 Å². The van der Waals surface area contributed by atoms with Gasteiger partial charge in [-0.25, -0.2) is 25.2 Å². The van der Waals surface area contributed by atoms with Gasteiger partial charge in [0, 0.05) is 12.0 Å².